The lowest BCUT2D eigenvalue weighted by Gasteiger charge is -2.23. The van der Waals surface area contributed by atoms with Crippen LogP contribution in [-0.4, -0.2) is 17.9 Å². The molecule has 0 heterocycles. The lowest BCUT2D eigenvalue weighted by molar-refractivity contribution is -0.123. The highest BCUT2D eigenvalue weighted by atomic mass is 16.2. The highest BCUT2D eigenvalue weighted by Gasteiger charge is 2.19. The maximum absolute atomic E-state index is 12.4. The van der Waals surface area contributed by atoms with Crippen LogP contribution in [0.3, 0.4) is 0 Å². The van der Waals surface area contributed by atoms with Gasteiger partial charge in [0.25, 0.3) is 0 Å². The molecule has 1 atom stereocenters. The van der Waals surface area contributed by atoms with E-state index < -0.39 is 0 Å². The molecule has 0 aromatic heterocycles. The van der Waals surface area contributed by atoms with Crippen molar-refractivity contribution in [1.82, 2.24) is 10.6 Å². The summed E-state index contributed by atoms with van der Waals surface area (Å²) in [7, 11) is 0. The van der Waals surface area contributed by atoms with Crippen molar-refractivity contribution in [3.05, 3.63) is 35.9 Å². The number of nitrogens with one attached hydrogen (secondary N) is 2. The Morgan fingerprint density at radius 3 is 2.26 bits per heavy atom. The quantitative estimate of drug-likeness (QED) is 0.873. The summed E-state index contributed by atoms with van der Waals surface area (Å²) in [6.07, 6.45) is 8.68. The van der Waals surface area contributed by atoms with Gasteiger partial charge in [0.2, 0.25) is 11.8 Å². The van der Waals surface area contributed by atoms with Crippen molar-refractivity contribution >= 4 is 11.8 Å². The fourth-order valence-corrected chi connectivity index (χ4v) is 3.26. The van der Waals surface area contributed by atoms with Crippen LogP contribution in [0, 0.1) is 0 Å². The van der Waals surface area contributed by atoms with Crippen LogP contribution in [-0.2, 0) is 9.59 Å². The van der Waals surface area contributed by atoms with E-state index in [1.165, 1.54) is 39.0 Å². The van der Waals surface area contributed by atoms with Crippen molar-refractivity contribution < 1.29 is 9.59 Å². The van der Waals surface area contributed by atoms with Gasteiger partial charge in [-0.3, -0.25) is 9.59 Å². The normalized spacial score (nSPS) is 17.6. The molecule has 0 unspecified atom stereocenters. The topological polar surface area (TPSA) is 58.2 Å². The third kappa shape index (κ3) is 6.43. The number of hydrogen-bond donors (Lipinski definition) is 2. The summed E-state index contributed by atoms with van der Waals surface area (Å²) >= 11 is 0. The summed E-state index contributed by atoms with van der Waals surface area (Å²) in [6, 6.07) is 9.71. The van der Waals surface area contributed by atoms with Gasteiger partial charge in [-0.2, -0.15) is 0 Å². The van der Waals surface area contributed by atoms with Crippen molar-refractivity contribution in [1.29, 1.82) is 0 Å². The Hall–Kier alpha value is -1.84. The average Bonchev–Trinajstić information content (AvgIpc) is 2.49. The summed E-state index contributed by atoms with van der Waals surface area (Å²) in [5.74, 6) is -0.0872. The molecule has 1 aromatic rings. The van der Waals surface area contributed by atoms with E-state index in [0.29, 0.717) is 6.42 Å². The van der Waals surface area contributed by atoms with Gasteiger partial charge in [-0.1, -0.05) is 62.4 Å². The van der Waals surface area contributed by atoms with Crippen LogP contribution in [0.4, 0.5) is 0 Å². The first kappa shape index (κ1) is 17.5. The Kier molecular flexibility index (Phi) is 7.11. The van der Waals surface area contributed by atoms with Gasteiger partial charge in [-0.15, -0.1) is 0 Å². The van der Waals surface area contributed by atoms with Gasteiger partial charge in [0.1, 0.15) is 0 Å². The Balaban J connectivity index is 1.92. The highest BCUT2D eigenvalue weighted by molar-refractivity contribution is 5.79. The molecule has 1 fully saturated rings. The standard InChI is InChI=1S/C19H28N2O2/c1-15(22)20-18(16-10-6-5-7-11-16)14-19(23)21-17-12-8-3-2-4-9-13-17/h5-7,10-11,17-18H,2-4,8-9,12-14H2,1H3,(H,20,22)(H,21,23)/t18-/m1/s1. The van der Waals surface area contributed by atoms with Gasteiger partial charge in [0.15, 0.2) is 0 Å². The minimum atomic E-state index is -0.262. The van der Waals surface area contributed by atoms with Gasteiger partial charge >= 0.3 is 0 Å². The fraction of sp³-hybridized carbons (Fsp3) is 0.579. The van der Waals surface area contributed by atoms with Crippen LogP contribution in [0.1, 0.15) is 69.9 Å². The molecule has 23 heavy (non-hydrogen) atoms. The van der Waals surface area contributed by atoms with Crippen LogP contribution >= 0.6 is 0 Å². The second-order valence-corrected chi connectivity index (χ2v) is 6.48. The zero-order chi connectivity index (χ0) is 16.5. The Bertz CT molecular complexity index is 493. The maximum Gasteiger partial charge on any atom is 0.222 e. The fourth-order valence-electron chi connectivity index (χ4n) is 3.26. The van der Waals surface area contributed by atoms with E-state index in [4.69, 9.17) is 0 Å². The zero-order valence-corrected chi connectivity index (χ0v) is 14.0. The Labute approximate surface area is 139 Å². The van der Waals surface area contributed by atoms with E-state index in [0.717, 1.165) is 18.4 Å². The minimum absolute atomic E-state index is 0.0261. The predicted octanol–water partition coefficient (Wildman–Crippen LogP) is 3.48. The van der Waals surface area contributed by atoms with Gasteiger partial charge < -0.3 is 10.6 Å². The number of carbonyl (C=O) groups excluding carboxylic acids is 2. The summed E-state index contributed by atoms with van der Waals surface area (Å²) in [4.78, 5) is 23.9. The molecule has 2 rings (SSSR count). The molecular formula is C19H28N2O2. The van der Waals surface area contributed by atoms with Gasteiger partial charge in [-0.05, 0) is 18.4 Å². The molecule has 1 aromatic carbocycles. The summed E-state index contributed by atoms with van der Waals surface area (Å²) < 4.78 is 0. The minimum Gasteiger partial charge on any atom is -0.353 e. The van der Waals surface area contributed by atoms with Crippen LogP contribution in [0.5, 0.6) is 0 Å². The summed E-state index contributed by atoms with van der Waals surface area (Å²) in [6.45, 7) is 1.49. The third-order valence-electron chi connectivity index (χ3n) is 4.44. The Morgan fingerprint density at radius 1 is 1.04 bits per heavy atom. The lowest BCUT2D eigenvalue weighted by Crippen LogP contribution is -2.38. The van der Waals surface area contributed by atoms with Crippen LogP contribution in [0.15, 0.2) is 30.3 Å². The van der Waals surface area contributed by atoms with E-state index in [2.05, 4.69) is 10.6 Å². The van der Waals surface area contributed by atoms with Crippen molar-refractivity contribution in [2.75, 3.05) is 0 Å². The van der Waals surface area contributed by atoms with Crippen molar-refractivity contribution in [3.8, 4) is 0 Å². The van der Waals surface area contributed by atoms with E-state index >= 15 is 0 Å². The van der Waals surface area contributed by atoms with Gasteiger partial charge in [0, 0.05) is 13.0 Å². The summed E-state index contributed by atoms with van der Waals surface area (Å²) in [5, 5.41) is 6.06. The van der Waals surface area contributed by atoms with Crippen LogP contribution in [0.25, 0.3) is 0 Å². The number of rotatable bonds is 5. The first-order valence-electron chi connectivity index (χ1n) is 8.76. The Morgan fingerprint density at radius 2 is 1.65 bits per heavy atom. The first-order chi connectivity index (χ1) is 11.1. The van der Waals surface area contributed by atoms with E-state index in [9.17, 15) is 9.59 Å². The van der Waals surface area contributed by atoms with Crippen molar-refractivity contribution in [3.63, 3.8) is 0 Å². The lowest BCUT2D eigenvalue weighted by atomic mass is 9.96. The number of hydrogen-bond acceptors (Lipinski definition) is 2. The van der Waals surface area contributed by atoms with E-state index in [1.807, 2.05) is 30.3 Å². The molecule has 2 N–H and O–H groups in total. The molecule has 4 heteroatoms. The SMILES string of the molecule is CC(=O)N[C@H](CC(=O)NC1CCCCCCC1)c1ccccc1. The summed E-state index contributed by atoms with van der Waals surface area (Å²) in [5.41, 5.74) is 0.968. The molecule has 0 bridgehead atoms. The monoisotopic (exact) mass is 316 g/mol. The number of benzene rings is 1. The molecule has 0 spiro atoms. The van der Waals surface area contributed by atoms with E-state index in [1.54, 1.807) is 0 Å². The molecule has 0 saturated heterocycles. The van der Waals surface area contributed by atoms with Crippen LogP contribution in [0.2, 0.25) is 0 Å². The highest BCUT2D eigenvalue weighted by Crippen LogP contribution is 2.19. The second-order valence-electron chi connectivity index (χ2n) is 6.48. The molecule has 4 nitrogen and oxygen atoms in total. The van der Waals surface area contributed by atoms with Gasteiger partial charge in [-0.25, -0.2) is 0 Å². The van der Waals surface area contributed by atoms with Crippen molar-refractivity contribution in [2.45, 2.75) is 70.4 Å². The molecule has 0 radical (unpaired) electrons. The number of amides is 2. The third-order valence-corrected chi connectivity index (χ3v) is 4.44. The largest absolute Gasteiger partial charge is 0.353 e. The second kappa shape index (κ2) is 9.33. The molecule has 126 valence electrons. The van der Waals surface area contributed by atoms with E-state index in [-0.39, 0.29) is 23.9 Å². The molecule has 1 saturated carbocycles. The molecule has 0 aliphatic heterocycles. The molecular weight excluding hydrogens is 288 g/mol. The van der Waals surface area contributed by atoms with Crippen molar-refractivity contribution in [2.24, 2.45) is 0 Å². The first-order valence-corrected chi connectivity index (χ1v) is 8.76. The van der Waals surface area contributed by atoms with Crippen LogP contribution < -0.4 is 10.6 Å². The maximum atomic E-state index is 12.4. The average molecular weight is 316 g/mol. The molecule has 1 aliphatic rings. The zero-order valence-electron chi connectivity index (χ0n) is 14.0. The smallest absolute Gasteiger partial charge is 0.222 e. The predicted molar refractivity (Wildman–Crippen MR) is 91.9 cm³/mol. The molecule has 1 aliphatic carbocycles. The number of carbonyl (C=O) groups is 2. The van der Waals surface area contributed by atoms with Gasteiger partial charge in [0.05, 0.1) is 12.5 Å². The molecule has 2 amide bonds.